The lowest BCUT2D eigenvalue weighted by molar-refractivity contribution is 0.250. The Labute approximate surface area is 94.8 Å². The fourth-order valence-electron chi connectivity index (χ4n) is 1.20. The zero-order valence-electron chi connectivity index (χ0n) is 9.10. The highest BCUT2D eigenvalue weighted by atomic mass is 35.5. The molecule has 0 aliphatic heterocycles. The highest BCUT2D eigenvalue weighted by molar-refractivity contribution is 6.33. The predicted octanol–water partition coefficient (Wildman–Crippen LogP) is 3.18. The normalized spacial score (nSPS) is 10.2. The summed E-state index contributed by atoms with van der Waals surface area (Å²) in [7, 11) is 0. The molecule has 0 fully saturated rings. The number of anilines is 1. The average molecular weight is 227 g/mol. The number of para-hydroxylation sites is 1. The maximum Gasteiger partial charge on any atom is 0.319 e. The van der Waals surface area contributed by atoms with E-state index in [9.17, 15) is 4.79 Å². The summed E-state index contributed by atoms with van der Waals surface area (Å²) in [6.45, 7) is 5.70. The molecular weight excluding hydrogens is 212 g/mol. The fraction of sp³-hybridized carbons (Fsp3) is 0.364. The summed E-state index contributed by atoms with van der Waals surface area (Å²) in [5, 5.41) is 6.01. The van der Waals surface area contributed by atoms with Gasteiger partial charge in [0.1, 0.15) is 0 Å². The molecule has 1 aromatic rings. The van der Waals surface area contributed by atoms with Crippen LogP contribution in [0.25, 0.3) is 0 Å². The van der Waals surface area contributed by atoms with Crippen LogP contribution >= 0.6 is 11.6 Å². The minimum Gasteiger partial charge on any atom is -0.336 e. The first-order valence-corrected chi connectivity index (χ1v) is 5.21. The van der Waals surface area contributed by atoms with Gasteiger partial charge in [-0.15, -0.1) is 0 Å². The Bertz CT molecular complexity index is 343. The van der Waals surface area contributed by atoms with Crippen molar-refractivity contribution < 1.29 is 4.79 Å². The zero-order valence-corrected chi connectivity index (χ0v) is 9.85. The van der Waals surface area contributed by atoms with E-state index in [2.05, 4.69) is 10.6 Å². The summed E-state index contributed by atoms with van der Waals surface area (Å²) in [6.07, 6.45) is 0. The van der Waals surface area contributed by atoms with E-state index in [1.54, 1.807) is 6.07 Å². The summed E-state index contributed by atoms with van der Waals surface area (Å²) in [5.41, 5.74) is 1.61. The van der Waals surface area contributed by atoms with Gasteiger partial charge >= 0.3 is 6.03 Å². The molecule has 0 saturated heterocycles. The first kappa shape index (κ1) is 11.9. The molecule has 0 saturated carbocycles. The van der Waals surface area contributed by atoms with Crippen LogP contribution in [-0.2, 0) is 0 Å². The van der Waals surface area contributed by atoms with Gasteiger partial charge in [-0.2, -0.15) is 0 Å². The molecule has 82 valence electrons. The van der Waals surface area contributed by atoms with Crippen LogP contribution in [0.2, 0.25) is 5.02 Å². The summed E-state index contributed by atoms with van der Waals surface area (Å²) in [6, 6.07) is 5.37. The molecule has 0 aliphatic carbocycles. The van der Waals surface area contributed by atoms with E-state index in [0.717, 1.165) is 5.56 Å². The summed E-state index contributed by atoms with van der Waals surface area (Å²) in [4.78, 5) is 11.4. The number of rotatable bonds is 2. The highest BCUT2D eigenvalue weighted by Crippen LogP contribution is 2.24. The number of carbonyl (C=O) groups is 1. The Morgan fingerprint density at radius 2 is 2.07 bits per heavy atom. The van der Waals surface area contributed by atoms with E-state index >= 15 is 0 Å². The van der Waals surface area contributed by atoms with Gasteiger partial charge in [0.05, 0.1) is 10.7 Å². The molecule has 1 aromatic carbocycles. The summed E-state index contributed by atoms with van der Waals surface area (Å²) >= 11 is 5.97. The number of hydrogen-bond donors (Lipinski definition) is 2. The van der Waals surface area contributed by atoms with E-state index in [1.165, 1.54) is 0 Å². The van der Waals surface area contributed by atoms with Crippen LogP contribution in [0, 0.1) is 6.92 Å². The first-order valence-electron chi connectivity index (χ1n) is 4.83. The van der Waals surface area contributed by atoms with Gasteiger partial charge in [0.25, 0.3) is 0 Å². The molecule has 4 heteroatoms. The van der Waals surface area contributed by atoms with Crippen molar-refractivity contribution in [3.8, 4) is 0 Å². The third-order valence-corrected chi connectivity index (χ3v) is 2.20. The molecule has 0 aromatic heterocycles. The predicted molar refractivity (Wildman–Crippen MR) is 63.5 cm³/mol. The van der Waals surface area contributed by atoms with Crippen molar-refractivity contribution in [1.29, 1.82) is 0 Å². The third-order valence-electron chi connectivity index (χ3n) is 1.88. The van der Waals surface area contributed by atoms with E-state index in [1.807, 2.05) is 32.9 Å². The Morgan fingerprint density at radius 3 is 2.60 bits per heavy atom. The molecule has 2 N–H and O–H groups in total. The molecule has 0 radical (unpaired) electrons. The van der Waals surface area contributed by atoms with Crippen molar-refractivity contribution in [3.63, 3.8) is 0 Å². The molecule has 2 amide bonds. The number of hydrogen-bond acceptors (Lipinski definition) is 1. The van der Waals surface area contributed by atoms with E-state index in [-0.39, 0.29) is 12.1 Å². The molecular formula is C11H15ClN2O. The molecule has 0 spiro atoms. The largest absolute Gasteiger partial charge is 0.336 e. The van der Waals surface area contributed by atoms with Gasteiger partial charge in [-0.25, -0.2) is 4.79 Å². The van der Waals surface area contributed by atoms with Crippen LogP contribution in [0.1, 0.15) is 19.4 Å². The molecule has 0 unspecified atom stereocenters. The molecule has 15 heavy (non-hydrogen) atoms. The van der Waals surface area contributed by atoms with Gasteiger partial charge in [0.2, 0.25) is 0 Å². The van der Waals surface area contributed by atoms with Crippen LogP contribution in [0.15, 0.2) is 18.2 Å². The van der Waals surface area contributed by atoms with Crippen molar-refractivity contribution in [1.82, 2.24) is 5.32 Å². The van der Waals surface area contributed by atoms with Crippen LogP contribution in [0.5, 0.6) is 0 Å². The van der Waals surface area contributed by atoms with E-state index in [4.69, 9.17) is 11.6 Å². The second-order valence-electron chi connectivity index (χ2n) is 3.68. The molecule has 0 bridgehead atoms. The lowest BCUT2D eigenvalue weighted by atomic mass is 10.2. The number of nitrogens with one attached hydrogen (secondary N) is 2. The van der Waals surface area contributed by atoms with E-state index < -0.39 is 0 Å². The Hall–Kier alpha value is -1.22. The Morgan fingerprint density at radius 1 is 1.40 bits per heavy atom. The summed E-state index contributed by atoms with van der Waals surface area (Å²) < 4.78 is 0. The molecule has 0 heterocycles. The van der Waals surface area contributed by atoms with Crippen LogP contribution in [0.3, 0.4) is 0 Å². The van der Waals surface area contributed by atoms with Gasteiger partial charge in [-0.05, 0) is 32.4 Å². The number of urea groups is 1. The fourth-order valence-corrected chi connectivity index (χ4v) is 1.47. The quantitative estimate of drug-likeness (QED) is 0.799. The van der Waals surface area contributed by atoms with Crippen molar-refractivity contribution in [2.75, 3.05) is 5.32 Å². The molecule has 0 atom stereocenters. The number of carbonyl (C=O) groups excluding carboxylic acids is 1. The monoisotopic (exact) mass is 226 g/mol. The number of amides is 2. The average Bonchev–Trinajstić information content (AvgIpc) is 2.10. The minimum atomic E-state index is -0.235. The minimum absolute atomic E-state index is 0.104. The van der Waals surface area contributed by atoms with E-state index in [0.29, 0.717) is 10.7 Å². The second kappa shape index (κ2) is 5.03. The van der Waals surface area contributed by atoms with Crippen molar-refractivity contribution in [2.45, 2.75) is 26.8 Å². The topological polar surface area (TPSA) is 41.1 Å². The number of aryl methyl sites for hydroxylation is 1. The van der Waals surface area contributed by atoms with Crippen LogP contribution in [-0.4, -0.2) is 12.1 Å². The Kier molecular flexibility index (Phi) is 3.97. The molecule has 0 aliphatic rings. The van der Waals surface area contributed by atoms with Crippen molar-refractivity contribution in [3.05, 3.63) is 28.8 Å². The maximum atomic E-state index is 11.4. The van der Waals surface area contributed by atoms with Crippen LogP contribution < -0.4 is 10.6 Å². The summed E-state index contributed by atoms with van der Waals surface area (Å²) in [5.74, 6) is 0. The van der Waals surface area contributed by atoms with Crippen molar-refractivity contribution in [2.24, 2.45) is 0 Å². The third kappa shape index (κ3) is 3.44. The molecule has 3 nitrogen and oxygen atoms in total. The second-order valence-corrected chi connectivity index (χ2v) is 4.09. The van der Waals surface area contributed by atoms with Crippen LogP contribution in [0.4, 0.5) is 10.5 Å². The number of halogens is 1. The first-order chi connectivity index (χ1) is 7.00. The lowest BCUT2D eigenvalue weighted by Gasteiger charge is -2.12. The van der Waals surface area contributed by atoms with Gasteiger partial charge in [0.15, 0.2) is 0 Å². The number of benzene rings is 1. The highest BCUT2D eigenvalue weighted by Gasteiger charge is 2.08. The zero-order chi connectivity index (χ0) is 11.4. The van der Waals surface area contributed by atoms with Gasteiger partial charge < -0.3 is 10.6 Å². The SMILES string of the molecule is Cc1cccc(Cl)c1NC(=O)NC(C)C. The smallest absolute Gasteiger partial charge is 0.319 e. The molecule has 1 rings (SSSR count). The van der Waals surface area contributed by atoms with Crippen molar-refractivity contribution >= 4 is 23.3 Å². The van der Waals surface area contributed by atoms with Gasteiger partial charge in [0, 0.05) is 6.04 Å². The maximum absolute atomic E-state index is 11.4. The standard InChI is InChI=1S/C11H15ClN2O/c1-7(2)13-11(15)14-10-8(3)5-4-6-9(10)12/h4-7H,1-3H3,(H2,13,14,15). The van der Waals surface area contributed by atoms with Gasteiger partial charge in [-0.1, -0.05) is 23.7 Å². The Balaban J connectivity index is 2.76. The van der Waals surface area contributed by atoms with Gasteiger partial charge in [-0.3, -0.25) is 0 Å². The lowest BCUT2D eigenvalue weighted by Crippen LogP contribution is -2.34.